The summed E-state index contributed by atoms with van der Waals surface area (Å²) in [7, 11) is -3.98. The highest BCUT2D eigenvalue weighted by Gasteiger charge is 2.19. The summed E-state index contributed by atoms with van der Waals surface area (Å²) in [5.41, 5.74) is 0.622. The number of hydrogen-bond acceptors (Lipinski definition) is 4. The lowest BCUT2D eigenvalue weighted by molar-refractivity contribution is 0.129. The molecule has 12 heavy (non-hydrogen) atoms. The van der Waals surface area contributed by atoms with Crippen LogP contribution in [0.5, 0.6) is 0 Å². The molecule has 0 aliphatic rings. The van der Waals surface area contributed by atoms with Crippen LogP contribution in [0.1, 0.15) is 6.92 Å². The maximum Gasteiger partial charge on any atom is 0.472 e. The summed E-state index contributed by atoms with van der Waals surface area (Å²) in [6.45, 7) is 4.57. The SMILES string of the molecule is C=C(C)COP(=O)(O)OCCO. The molecule has 0 radical (unpaired) electrons. The van der Waals surface area contributed by atoms with Crippen LogP contribution in [0, 0.1) is 0 Å². The molecule has 0 bridgehead atoms. The van der Waals surface area contributed by atoms with Crippen molar-refractivity contribution in [3.8, 4) is 0 Å². The summed E-state index contributed by atoms with van der Waals surface area (Å²) in [6.07, 6.45) is 0. The lowest BCUT2D eigenvalue weighted by Crippen LogP contribution is -2.01. The van der Waals surface area contributed by atoms with E-state index in [0.717, 1.165) is 0 Å². The van der Waals surface area contributed by atoms with Crippen molar-refractivity contribution in [1.82, 2.24) is 0 Å². The number of rotatable bonds is 6. The molecule has 0 aliphatic carbocycles. The summed E-state index contributed by atoms with van der Waals surface area (Å²) < 4.78 is 19.6. The van der Waals surface area contributed by atoms with E-state index in [-0.39, 0.29) is 19.8 Å². The van der Waals surface area contributed by atoms with E-state index >= 15 is 0 Å². The Morgan fingerprint density at radius 1 is 1.58 bits per heavy atom. The highest BCUT2D eigenvalue weighted by molar-refractivity contribution is 7.47. The van der Waals surface area contributed by atoms with Gasteiger partial charge in [0.25, 0.3) is 0 Å². The molecule has 1 unspecified atom stereocenters. The van der Waals surface area contributed by atoms with Crippen LogP contribution in [-0.4, -0.2) is 29.8 Å². The van der Waals surface area contributed by atoms with Crippen molar-refractivity contribution in [3.63, 3.8) is 0 Å². The monoisotopic (exact) mass is 196 g/mol. The van der Waals surface area contributed by atoms with Crippen molar-refractivity contribution in [2.75, 3.05) is 19.8 Å². The van der Waals surface area contributed by atoms with E-state index in [1.165, 1.54) is 0 Å². The van der Waals surface area contributed by atoms with E-state index in [9.17, 15) is 4.57 Å². The zero-order valence-corrected chi connectivity index (χ0v) is 7.79. The van der Waals surface area contributed by atoms with Crippen molar-refractivity contribution in [3.05, 3.63) is 12.2 Å². The Bertz CT molecular complexity index is 190. The van der Waals surface area contributed by atoms with Crippen molar-refractivity contribution in [2.24, 2.45) is 0 Å². The lowest BCUT2D eigenvalue weighted by atomic mass is 10.4. The smallest absolute Gasteiger partial charge is 0.394 e. The predicted octanol–water partition coefficient (Wildman–Crippen LogP) is 0.688. The van der Waals surface area contributed by atoms with Crippen LogP contribution in [0.3, 0.4) is 0 Å². The second-order valence-electron chi connectivity index (χ2n) is 2.26. The molecule has 5 nitrogen and oxygen atoms in total. The third-order valence-corrected chi connectivity index (χ3v) is 1.78. The molecule has 0 spiro atoms. The van der Waals surface area contributed by atoms with Gasteiger partial charge in [0.05, 0.1) is 19.8 Å². The molecule has 0 aromatic heterocycles. The van der Waals surface area contributed by atoms with Crippen molar-refractivity contribution in [2.45, 2.75) is 6.92 Å². The fourth-order valence-electron chi connectivity index (χ4n) is 0.385. The molecule has 0 saturated heterocycles. The van der Waals surface area contributed by atoms with Gasteiger partial charge in [-0.3, -0.25) is 9.05 Å². The molecule has 1 atom stereocenters. The van der Waals surface area contributed by atoms with Crippen molar-refractivity contribution < 1.29 is 23.6 Å². The van der Waals surface area contributed by atoms with Crippen LogP contribution in [-0.2, 0) is 13.6 Å². The van der Waals surface area contributed by atoms with E-state index in [0.29, 0.717) is 5.57 Å². The predicted molar refractivity (Wildman–Crippen MR) is 43.6 cm³/mol. The molecule has 6 heteroatoms. The fourth-order valence-corrected chi connectivity index (χ4v) is 1.16. The maximum atomic E-state index is 10.8. The molecule has 0 aliphatic heterocycles. The second kappa shape index (κ2) is 5.45. The minimum absolute atomic E-state index is 0.0286. The molecule has 0 heterocycles. The Labute approximate surface area is 71.2 Å². The van der Waals surface area contributed by atoms with Gasteiger partial charge in [-0.2, -0.15) is 0 Å². The molecule has 0 aromatic rings. The Morgan fingerprint density at radius 2 is 2.17 bits per heavy atom. The molecular formula is C6H13O5P. The summed E-state index contributed by atoms with van der Waals surface area (Å²) in [6, 6.07) is 0. The first-order chi connectivity index (χ1) is 5.48. The third-order valence-electron chi connectivity index (χ3n) is 0.820. The average Bonchev–Trinajstić information content (AvgIpc) is 1.98. The number of aliphatic hydroxyl groups excluding tert-OH is 1. The minimum atomic E-state index is -3.98. The van der Waals surface area contributed by atoms with Crippen LogP contribution in [0.2, 0.25) is 0 Å². The Kier molecular flexibility index (Phi) is 5.37. The highest BCUT2D eigenvalue weighted by atomic mass is 31.2. The maximum absolute atomic E-state index is 10.8. The number of phosphoric ester groups is 1. The average molecular weight is 196 g/mol. The van der Waals surface area contributed by atoms with E-state index in [4.69, 9.17) is 10.00 Å². The highest BCUT2D eigenvalue weighted by Crippen LogP contribution is 2.43. The minimum Gasteiger partial charge on any atom is -0.394 e. The zero-order chi connectivity index (χ0) is 9.61. The third kappa shape index (κ3) is 6.52. The molecule has 0 saturated carbocycles. The number of hydrogen-bond donors (Lipinski definition) is 2. The summed E-state index contributed by atoms with van der Waals surface area (Å²) in [5, 5.41) is 8.28. The van der Waals surface area contributed by atoms with Gasteiger partial charge in [0.2, 0.25) is 0 Å². The zero-order valence-electron chi connectivity index (χ0n) is 6.89. The summed E-state index contributed by atoms with van der Waals surface area (Å²) in [4.78, 5) is 8.85. The van der Waals surface area contributed by atoms with Gasteiger partial charge in [0.15, 0.2) is 0 Å². The molecule has 0 fully saturated rings. The fraction of sp³-hybridized carbons (Fsp3) is 0.667. The summed E-state index contributed by atoms with van der Waals surface area (Å²) >= 11 is 0. The first kappa shape index (κ1) is 11.8. The quantitative estimate of drug-likeness (QED) is 0.482. The van der Waals surface area contributed by atoms with Crippen LogP contribution in [0.25, 0.3) is 0 Å². The van der Waals surface area contributed by atoms with Crippen molar-refractivity contribution in [1.29, 1.82) is 0 Å². The first-order valence-electron chi connectivity index (χ1n) is 3.35. The van der Waals surface area contributed by atoms with Gasteiger partial charge in [-0.15, -0.1) is 0 Å². The van der Waals surface area contributed by atoms with Crippen LogP contribution in [0.4, 0.5) is 0 Å². The standard InChI is InChI=1S/C6H13O5P/c1-6(2)5-11-12(8,9)10-4-3-7/h7H,1,3-5H2,2H3,(H,8,9). The van der Waals surface area contributed by atoms with Gasteiger partial charge in [0, 0.05) is 0 Å². The Hall–Kier alpha value is -0.190. The lowest BCUT2D eigenvalue weighted by Gasteiger charge is -2.10. The Morgan fingerprint density at radius 3 is 2.58 bits per heavy atom. The molecular weight excluding hydrogens is 183 g/mol. The van der Waals surface area contributed by atoms with Gasteiger partial charge < -0.3 is 10.00 Å². The van der Waals surface area contributed by atoms with Crippen molar-refractivity contribution >= 4 is 7.82 Å². The van der Waals surface area contributed by atoms with Gasteiger partial charge in [-0.05, 0) is 6.92 Å². The number of phosphoric acid groups is 1. The van der Waals surface area contributed by atoms with E-state index in [2.05, 4.69) is 15.6 Å². The van der Waals surface area contributed by atoms with Crippen LogP contribution < -0.4 is 0 Å². The van der Waals surface area contributed by atoms with E-state index < -0.39 is 7.82 Å². The normalized spacial score (nSPS) is 15.6. The van der Waals surface area contributed by atoms with E-state index in [1.54, 1.807) is 6.92 Å². The topological polar surface area (TPSA) is 76.0 Å². The van der Waals surface area contributed by atoms with Crippen LogP contribution in [0.15, 0.2) is 12.2 Å². The molecule has 0 rings (SSSR count). The molecule has 2 N–H and O–H groups in total. The molecule has 0 aromatic carbocycles. The van der Waals surface area contributed by atoms with Crippen LogP contribution >= 0.6 is 7.82 Å². The molecule has 0 amide bonds. The van der Waals surface area contributed by atoms with Gasteiger partial charge in [0.1, 0.15) is 0 Å². The summed E-state index contributed by atoms with van der Waals surface area (Å²) in [5.74, 6) is 0. The number of aliphatic hydroxyl groups is 1. The second-order valence-corrected chi connectivity index (χ2v) is 3.71. The van der Waals surface area contributed by atoms with Gasteiger partial charge in [-0.1, -0.05) is 12.2 Å². The largest absolute Gasteiger partial charge is 0.472 e. The van der Waals surface area contributed by atoms with Gasteiger partial charge in [-0.25, -0.2) is 4.57 Å². The first-order valence-corrected chi connectivity index (χ1v) is 4.84. The molecule has 72 valence electrons. The Balaban J connectivity index is 3.71. The van der Waals surface area contributed by atoms with E-state index in [1.807, 2.05) is 0 Å². The van der Waals surface area contributed by atoms with Gasteiger partial charge >= 0.3 is 7.82 Å².